The molecule has 0 radical (unpaired) electrons. The molecular weight excluding hydrogens is 194 g/mol. The lowest BCUT2D eigenvalue weighted by atomic mass is 10.1. The normalized spacial score (nSPS) is 15.8. The molecule has 15 heavy (non-hydrogen) atoms. The number of nitro benzene ring substituents is 1. The molecular formula is C10H13N3O2. The fourth-order valence-electron chi connectivity index (χ4n) is 1.53. The Hall–Kier alpha value is -1.62. The highest BCUT2D eigenvalue weighted by molar-refractivity contribution is 5.56. The third-order valence-electron chi connectivity index (χ3n) is 2.56. The summed E-state index contributed by atoms with van der Waals surface area (Å²) >= 11 is 0. The molecule has 5 heteroatoms. The molecule has 5 nitrogen and oxygen atoms in total. The van der Waals surface area contributed by atoms with E-state index in [1.54, 1.807) is 12.1 Å². The standard InChI is InChI=1S/C10H13N3O2/c1-7-4-9(13(14)15)2-3-10(7)12-8-5-11-6-8/h2-4,8,11-12H,5-6H2,1H3. The van der Waals surface area contributed by atoms with Crippen LogP contribution in [0.5, 0.6) is 0 Å². The summed E-state index contributed by atoms with van der Waals surface area (Å²) in [6.07, 6.45) is 0. The van der Waals surface area contributed by atoms with E-state index in [9.17, 15) is 10.1 Å². The summed E-state index contributed by atoms with van der Waals surface area (Å²) in [5.41, 5.74) is 2.04. The summed E-state index contributed by atoms with van der Waals surface area (Å²) in [5.74, 6) is 0. The van der Waals surface area contributed by atoms with Crippen molar-refractivity contribution in [2.24, 2.45) is 0 Å². The van der Waals surface area contributed by atoms with E-state index in [1.807, 2.05) is 6.92 Å². The van der Waals surface area contributed by atoms with E-state index in [0.29, 0.717) is 6.04 Å². The van der Waals surface area contributed by atoms with E-state index in [1.165, 1.54) is 6.07 Å². The van der Waals surface area contributed by atoms with Gasteiger partial charge in [-0.1, -0.05) is 0 Å². The van der Waals surface area contributed by atoms with Crippen LogP contribution in [0.15, 0.2) is 18.2 Å². The fourth-order valence-corrected chi connectivity index (χ4v) is 1.53. The quantitative estimate of drug-likeness (QED) is 0.579. The van der Waals surface area contributed by atoms with Crippen molar-refractivity contribution >= 4 is 11.4 Å². The highest BCUT2D eigenvalue weighted by Gasteiger charge is 2.17. The summed E-state index contributed by atoms with van der Waals surface area (Å²) in [4.78, 5) is 10.2. The molecule has 1 aromatic rings. The Kier molecular flexibility index (Phi) is 2.55. The van der Waals surface area contributed by atoms with Crippen LogP contribution in [0.4, 0.5) is 11.4 Å². The van der Waals surface area contributed by atoms with Crippen LogP contribution >= 0.6 is 0 Å². The maximum atomic E-state index is 10.5. The molecule has 0 unspecified atom stereocenters. The van der Waals surface area contributed by atoms with Crippen molar-refractivity contribution < 1.29 is 4.92 Å². The average molecular weight is 207 g/mol. The molecule has 0 atom stereocenters. The van der Waals surface area contributed by atoms with Gasteiger partial charge in [-0.25, -0.2) is 0 Å². The number of aryl methyl sites for hydroxylation is 1. The molecule has 80 valence electrons. The lowest BCUT2D eigenvalue weighted by molar-refractivity contribution is -0.384. The number of anilines is 1. The minimum absolute atomic E-state index is 0.143. The van der Waals surface area contributed by atoms with Gasteiger partial charge in [-0.15, -0.1) is 0 Å². The fraction of sp³-hybridized carbons (Fsp3) is 0.400. The van der Waals surface area contributed by atoms with E-state index in [0.717, 1.165) is 24.3 Å². The number of rotatable bonds is 3. The van der Waals surface area contributed by atoms with Gasteiger partial charge in [0.15, 0.2) is 0 Å². The van der Waals surface area contributed by atoms with Crippen LogP contribution in [0.3, 0.4) is 0 Å². The highest BCUT2D eigenvalue weighted by Crippen LogP contribution is 2.22. The zero-order chi connectivity index (χ0) is 10.8. The summed E-state index contributed by atoms with van der Waals surface area (Å²) in [7, 11) is 0. The summed E-state index contributed by atoms with van der Waals surface area (Å²) in [6.45, 7) is 3.79. The van der Waals surface area contributed by atoms with Gasteiger partial charge in [-0.3, -0.25) is 10.1 Å². The molecule has 0 amide bonds. The predicted octanol–water partition coefficient (Wildman–Crippen LogP) is 1.29. The smallest absolute Gasteiger partial charge is 0.269 e. The van der Waals surface area contributed by atoms with Crippen molar-refractivity contribution in [3.63, 3.8) is 0 Å². The lowest BCUT2D eigenvalue weighted by Gasteiger charge is -2.29. The molecule has 0 saturated carbocycles. The second-order valence-corrected chi connectivity index (χ2v) is 3.76. The number of nitro groups is 1. The second-order valence-electron chi connectivity index (χ2n) is 3.76. The Balaban J connectivity index is 2.14. The first kappa shape index (κ1) is 9.92. The molecule has 2 N–H and O–H groups in total. The molecule has 1 aromatic carbocycles. The van der Waals surface area contributed by atoms with E-state index in [2.05, 4.69) is 10.6 Å². The van der Waals surface area contributed by atoms with Gasteiger partial charge in [0.1, 0.15) is 0 Å². The van der Waals surface area contributed by atoms with Crippen LogP contribution in [0.2, 0.25) is 0 Å². The van der Waals surface area contributed by atoms with Gasteiger partial charge < -0.3 is 10.6 Å². The number of nitrogens with one attached hydrogen (secondary N) is 2. The zero-order valence-electron chi connectivity index (χ0n) is 8.49. The van der Waals surface area contributed by atoms with Gasteiger partial charge in [-0.05, 0) is 18.6 Å². The topological polar surface area (TPSA) is 67.2 Å². The number of hydrogen-bond acceptors (Lipinski definition) is 4. The van der Waals surface area contributed by atoms with E-state index < -0.39 is 0 Å². The molecule has 1 aliphatic heterocycles. The van der Waals surface area contributed by atoms with Crippen LogP contribution in [0, 0.1) is 17.0 Å². The maximum absolute atomic E-state index is 10.5. The third-order valence-corrected chi connectivity index (χ3v) is 2.56. The first-order valence-corrected chi connectivity index (χ1v) is 4.89. The maximum Gasteiger partial charge on any atom is 0.269 e. The van der Waals surface area contributed by atoms with Crippen molar-refractivity contribution in [3.8, 4) is 0 Å². The van der Waals surface area contributed by atoms with Crippen molar-refractivity contribution in [3.05, 3.63) is 33.9 Å². The number of benzene rings is 1. The first-order chi connectivity index (χ1) is 7.16. The van der Waals surface area contributed by atoms with Gasteiger partial charge in [0, 0.05) is 30.9 Å². The van der Waals surface area contributed by atoms with Crippen molar-refractivity contribution in [1.82, 2.24) is 5.32 Å². The Morgan fingerprint density at radius 3 is 2.73 bits per heavy atom. The molecule has 0 aromatic heterocycles. The van der Waals surface area contributed by atoms with Crippen LogP contribution in [-0.4, -0.2) is 24.1 Å². The minimum Gasteiger partial charge on any atom is -0.380 e. The number of nitrogens with zero attached hydrogens (tertiary/aromatic N) is 1. The zero-order valence-corrected chi connectivity index (χ0v) is 8.49. The molecule has 0 spiro atoms. The van der Waals surface area contributed by atoms with Gasteiger partial charge >= 0.3 is 0 Å². The van der Waals surface area contributed by atoms with Gasteiger partial charge in [-0.2, -0.15) is 0 Å². The van der Waals surface area contributed by atoms with Crippen LogP contribution in [0.1, 0.15) is 5.56 Å². The Morgan fingerprint density at radius 1 is 1.53 bits per heavy atom. The summed E-state index contributed by atoms with van der Waals surface area (Å²) in [6, 6.07) is 5.34. The van der Waals surface area contributed by atoms with E-state index in [-0.39, 0.29) is 10.6 Å². The van der Waals surface area contributed by atoms with Crippen LogP contribution in [-0.2, 0) is 0 Å². The third kappa shape index (κ3) is 2.07. The van der Waals surface area contributed by atoms with Crippen LogP contribution in [0.25, 0.3) is 0 Å². The lowest BCUT2D eigenvalue weighted by Crippen LogP contribution is -2.51. The molecule has 1 saturated heterocycles. The van der Waals surface area contributed by atoms with Crippen molar-refractivity contribution in [1.29, 1.82) is 0 Å². The Labute approximate surface area is 87.6 Å². The molecule has 1 fully saturated rings. The van der Waals surface area contributed by atoms with E-state index >= 15 is 0 Å². The SMILES string of the molecule is Cc1cc([N+](=O)[O-])ccc1NC1CNC1. The molecule has 1 aliphatic rings. The largest absolute Gasteiger partial charge is 0.380 e. The molecule has 0 bridgehead atoms. The molecule has 1 heterocycles. The second kappa shape index (κ2) is 3.86. The molecule has 2 rings (SSSR count). The average Bonchev–Trinajstić information content (AvgIpc) is 2.12. The Bertz CT molecular complexity index is 388. The van der Waals surface area contributed by atoms with Gasteiger partial charge in [0.05, 0.1) is 11.0 Å². The summed E-state index contributed by atoms with van der Waals surface area (Å²) < 4.78 is 0. The van der Waals surface area contributed by atoms with Gasteiger partial charge in [0.25, 0.3) is 5.69 Å². The predicted molar refractivity (Wildman–Crippen MR) is 58.1 cm³/mol. The Morgan fingerprint density at radius 2 is 2.27 bits per heavy atom. The number of non-ortho nitro benzene ring substituents is 1. The monoisotopic (exact) mass is 207 g/mol. The highest BCUT2D eigenvalue weighted by atomic mass is 16.6. The minimum atomic E-state index is -0.373. The number of hydrogen-bond donors (Lipinski definition) is 2. The van der Waals surface area contributed by atoms with Gasteiger partial charge in [0.2, 0.25) is 0 Å². The van der Waals surface area contributed by atoms with Crippen molar-refractivity contribution in [2.45, 2.75) is 13.0 Å². The summed E-state index contributed by atoms with van der Waals surface area (Å²) in [5, 5.41) is 17.0. The van der Waals surface area contributed by atoms with Crippen molar-refractivity contribution in [2.75, 3.05) is 18.4 Å². The van der Waals surface area contributed by atoms with Crippen LogP contribution < -0.4 is 10.6 Å². The molecule has 0 aliphatic carbocycles. The van der Waals surface area contributed by atoms with E-state index in [4.69, 9.17) is 0 Å². The first-order valence-electron chi connectivity index (χ1n) is 4.89.